The number of aromatic nitrogens is 2. The average Bonchev–Trinajstić information content (AvgIpc) is 3.05. The molecule has 0 amide bonds. The fourth-order valence-corrected chi connectivity index (χ4v) is 3.84. The van der Waals surface area contributed by atoms with Crippen LogP contribution < -0.4 is 0 Å². The Bertz CT molecular complexity index is 960. The van der Waals surface area contributed by atoms with E-state index in [2.05, 4.69) is 10.1 Å². The summed E-state index contributed by atoms with van der Waals surface area (Å²) < 4.78 is 1.58. The monoisotopic (exact) mass is 354 g/mol. The number of fused-ring (bicyclic) bond motifs is 2. The summed E-state index contributed by atoms with van der Waals surface area (Å²) in [6, 6.07) is 4.94. The van der Waals surface area contributed by atoms with Gasteiger partial charge in [-0.15, -0.1) is 0 Å². The van der Waals surface area contributed by atoms with Crippen LogP contribution in [0.3, 0.4) is 0 Å². The molecule has 8 nitrogen and oxygen atoms in total. The molecule has 2 heterocycles. The maximum atomic E-state index is 13.2. The number of aliphatic imine (C=N–C) groups is 1. The first-order valence-electron chi connectivity index (χ1n) is 8.42. The molecule has 1 saturated carbocycles. The van der Waals surface area contributed by atoms with Gasteiger partial charge in [-0.25, -0.2) is 9.67 Å². The second-order valence-corrected chi connectivity index (χ2v) is 7.41. The van der Waals surface area contributed by atoms with Crippen molar-refractivity contribution in [1.82, 2.24) is 9.78 Å². The van der Waals surface area contributed by atoms with Gasteiger partial charge < -0.3 is 5.11 Å². The van der Waals surface area contributed by atoms with Gasteiger partial charge in [0.1, 0.15) is 11.5 Å². The van der Waals surface area contributed by atoms with Crippen molar-refractivity contribution in [2.75, 3.05) is 0 Å². The first-order chi connectivity index (χ1) is 12.3. The van der Waals surface area contributed by atoms with Crippen molar-refractivity contribution < 1.29 is 14.8 Å². The Labute approximate surface area is 149 Å². The first kappa shape index (κ1) is 16.4. The zero-order valence-electron chi connectivity index (χ0n) is 14.4. The minimum atomic E-state index is -0.653. The summed E-state index contributed by atoms with van der Waals surface area (Å²) in [6.07, 6.45) is 2.94. The molecule has 2 aromatic rings. The van der Waals surface area contributed by atoms with Crippen LogP contribution in [0.15, 0.2) is 35.5 Å². The Balaban J connectivity index is 1.94. The molecule has 1 aliphatic heterocycles. The Morgan fingerprint density at radius 1 is 1.35 bits per heavy atom. The van der Waals surface area contributed by atoms with Crippen LogP contribution >= 0.6 is 0 Å². The van der Waals surface area contributed by atoms with Gasteiger partial charge in [0.25, 0.3) is 5.69 Å². The van der Waals surface area contributed by atoms with Crippen molar-refractivity contribution >= 4 is 23.0 Å². The second-order valence-electron chi connectivity index (χ2n) is 7.41. The van der Waals surface area contributed by atoms with E-state index < -0.39 is 22.3 Å². The molecule has 1 aromatic heterocycles. The summed E-state index contributed by atoms with van der Waals surface area (Å²) in [7, 11) is 0. The molecule has 1 fully saturated rings. The lowest BCUT2D eigenvalue weighted by molar-refractivity contribution is -0.385. The minimum Gasteiger partial charge on any atom is -0.508 e. The molecule has 2 aliphatic rings. The fourth-order valence-electron chi connectivity index (χ4n) is 3.84. The van der Waals surface area contributed by atoms with Gasteiger partial charge in [0.15, 0.2) is 5.82 Å². The van der Waals surface area contributed by atoms with Crippen LogP contribution in [0.5, 0.6) is 5.75 Å². The van der Waals surface area contributed by atoms with E-state index in [1.807, 2.05) is 13.8 Å². The van der Waals surface area contributed by atoms with E-state index >= 15 is 0 Å². The van der Waals surface area contributed by atoms with E-state index in [0.717, 1.165) is 5.71 Å². The number of ketones is 1. The molecule has 134 valence electrons. The Morgan fingerprint density at radius 3 is 2.85 bits per heavy atom. The predicted octanol–water partition coefficient (Wildman–Crippen LogP) is 3.18. The number of carbonyl (C=O) groups excluding carboxylic acids is 1. The van der Waals surface area contributed by atoms with E-state index in [1.54, 1.807) is 16.9 Å². The molecule has 0 radical (unpaired) electrons. The van der Waals surface area contributed by atoms with Gasteiger partial charge in [0.05, 0.1) is 23.1 Å². The number of rotatable bonds is 2. The van der Waals surface area contributed by atoms with Gasteiger partial charge in [0.2, 0.25) is 0 Å². The van der Waals surface area contributed by atoms with Crippen molar-refractivity contribution in [3.05, 3.63) is 46.1 Å². The molecule has 2 atom stereocenters. The average molecular weight is 354 g/mol. The van der Waals surface area contributed by atoms with Crippen molar-refractivity contribution in [2.45, 2.75) is 32.7 Å². The normalized spacial score (nSPS) is 23.8. The number of benzene rings is 1. The highest BCUT2D eigenvalue weighted by atomic mass is 16.6. The second kappa shape index (κ2) is 5.48. The van der Waals surface area contributed by atoms with E-state index in [9.17, 15) is 20.0 Å². The summed E-state index contributed by atoms with van der Waals surface area (Å²) in [5.74, 6) is -0.0993. The third-order valence-electron chi connectivity index (χ3n) is 5.34. The van der Waals surface area contributed by atoms with Crippen LogP contribution in [-0.2, 0) is 4.79 Å². The van der Waals surface area contributed by atoms with Crippen LogP contribution in [0.4, 0.5) is 11.5 Å². The van der Waals surface area contributed by atoms with Crippen LogP contribution in [0.25, 0.3) is 0 Å². The standard InChI is InChI=1S/C18H18N4O4/c1-18(2)7-5-12-15(17(18)24)16(21-14(20-12)6-8-19-21)11-9-10(22(25)26)3-4-13(11)23/h3-4,6,8-9,15-16,23H,5,7H2,1-2H3. The van der Waals surface area contributed by atoms with E-state index in [4.69, 9.17) is 0 Å². The largest absolute Gasteiger partial charge is 0.508 e. The summed E-state index contributed by atoms with van der Waals surface area (Å²) in [5, 5.41) is 25.9. The Hall–Kier alpha value is -3.03. The number of phenols is 1. The number of carbonyl (C=O) groups is 1. The van der Waals surface area contributed by atoms with Crippen LogP contribution in [-0.4, -0.2) is 31.3 Å². The number of Topliss-reactive ketones (excluding diaryl/α,β-unsaturated/α-hetero) is 1. The van der Waals surface area contributed by atoms with Gasteiger partial charge in [-0.05, 0) is 18.9 Å². The van der Waals surface area contributed by atoms with Crippen molar-refractivity contribution in [3.63, 3.8) is 0 Å². The third kappa shape index (κ3) is 2.33. The van der Waals surface area contributed by atoms with Crippen LogP contribution in [0.1, 0.15) is 38.3 Å². The summed E-state index contributed by atoms with van der Waals surface area (Å²) in [5.41, 5.74) is 0.395. The van der Waals surface area contributed by atoms with Crippen LogP contribution in [0.2, 0.25) is 0 Å². The molecule has 1 N–H and O–H groups in total. The highest BCUT2D eigenvalue weighted by Crippen LogP contribution is 2.47. The fraction of sp³-hybridized carbons (Fsp3) is 0.389. The van der Waals surface area contributed by atoms with Crippen molar-refractivity contribution in [3.8, 4) is 5.75 Å². The number of phenolic OH excluding ortho intramolecular Hbond substituents is 1. The lowest BCUT2D eigenvalue weighted by atomic mass is 9.66. The Kier molecular flexibility index (Phi) is 3.47. The van der Waals surface area contributed by atoms with Gasteiger partial charge in [0, 0.05) is 34.9 Å². The minimum absolute atomic E-state index is 0.0135. The van der Waals surface area contributed by atoms with Crippen molar-refractivity contribution in [1.29, 1.82) is 0 Å². The maximum Gasteiger partial charge on any atom is 0.270 e. The number of non-ortho nitro benzene ring substituents is 1. The van der Waals surface area contributed by atoms with E-state index in [1.165, 1.54) is 18.2 Å². The zero-order valence-corrected chi connectivity index (χ0v) is 14.4. The van der Waals surface area contributed by atoms with Gasteiger partial charge in [-0.3, -0.25) is 14.9 Å². The van der Waals surface area contributed by atoms with E-state index in [-0.39, 0.29) is 17.2 Å². The molecular formula is C18H18N4O4. The molecule has 1 aliphatic carbocycles. The molecule has 8 heteroatoms. The quantitative estimate of drug-likeness (QED) is 0.658. The Morgan fingerprint density at radius 2 is 2.12 bits per heavy atom. The smallest absolute Gasteiger partial charge is 0.270 e. The molecule has 0 saturated heterocycles. The molecule has 26 heavy (non-hydrogen) atoms. The van der Waals surface area contributed by atoms with Gasteiger partial charge in [-0.1, -0.05) is 13.8 Å². The van der Waals surface area contributed by atoms with Gasteiger partial charge in [-0.2, -0.15) is 5.10 Å². The number of nitro groups is 1. The molecular weight excluding hydrogens is 336 g/mol. The summed E-state index contributed by atoms with van der Waals surface area (Å²) >= 11 is 0. The number of aromatic hydroxyl groups is 1. The van der Waals surface area contributed by atoms with E-state index in [0.29, 0.717) is 24.2 Å². The molecule has 1 aromatic carbocycles. The number of nitro benzene ring substituents is 1. The van der Waals surface area contributed by atoms with Gasteiger partial charge >= 0.3 is 0 Å². The van der Waals surface area contributed by atoms with Crippen LogP contribution in [0, 0.1) is 21.4 Å². The molecule has 0 spiro atoms. The summed E-state index contributed by atoms with van der Waals surface area (Å²) in [6.45, 7) is 3.80. The summed E-state index contributed by atoms with van der Waals surface area (Å²) in [4.78, 5) is 28.5. The topological polar surface area (TPSA) is 111 Å². The third-order valence-corrected chi connectivity index (χ3v) is 5.34. The maximum absolute atomic E-state index is 13.2. The molecule has 0 bridgehead atoms. The first-order valence-corrected chi connectivity index (χ1v) is 8.42. The molecule has 4 rings (SSSR count). The highest BCUT2D eigenvalue weighted by Gasteiger charge is 2.48. The highest BCUT2D eigenvalue weighted by molar-refractivity contribution is 6.11. The molecule has 2 unspecified atom stereocenters. The SMILES string of the molecule is CC1(C)CCC2=Nc3ccnn3C(c3cc([N+](=O)[O-])ccc3O)C2C1=O. The van der Waals surface area contributed by atoms with Crippen molar-refractivity contribution in [2.24, 2.45) is 16.3 Å². The number of nitrogens with zero attached hydrogens (tertiary/aromatic N) is 4. The number of hydrogen-bond acceptors (Lipinski definition) is 6. The predicted molar refractivity (Wildman–Crippen MR) is 93.7 cm³/mol. The zero-order chi connectivity index (χ0) is 18.6. The lowest BCUT2D eigenvalue weighted by Gasteiger charge is -2.41. The lowest BCUT2D eigenvalue weighted by Crippen LogP contribution is -2.46. The number of hydrogen-bond donors (Lipinski definition) is 1.